The predicted octanol–water partition coefficient (Wildman–Crippen LogP) is 2.19. The Morgan fingerprint density at radius 1 is 1.48 bits per heavy atom. The number of carbonyl (C=O) groups is 2. The molecule has 0 aromatic heterocycles. The average molecular weight is 309 g/mol. The molecule has 2 N–H and O–H groups in total. The van der Waals surface area contributed by atoms with Gasteiger partial charge in [-0.15, -0.1) is 0 Å². The van der Waals surface area contributed by atoms with E-state index < -0.39 is 17.9 Å². The number of aliphatic carboxylic acids is 1. The molecule has 0 spiro atoms. The number of ether oxygens (including phenoxy) is 1. The third kappa shape index (κ3) is 5.51. The van der Waals surface area contributed by atoms with Crippen molar-refractivity contribution in [1.82, 2.24) is 5.32 Å². The molecule has 0 aliphatic heterocycles. The monoisotopic (exact) mass is 309 g/mol. The summed E-state index contributed by atoms with van der Waals surface area (Å²) in [4.78, 5) is 23.4. The summed E-state index contributed by atoms with van der Waals surface area (Å²) < 4.78 is 5.40. The van der Waals surface area contributed by atoms with E-state index in [4.69, 9.17) is 9.84 Å². The summed E-state index contributed by atoms with van der Waals surface area (Å²) in [7, 11) is 0. The first kappa shape index (κ1) is 17.1. The van der Waals surface area contributed by atoms with Gasteiger partial charge in [-0.3, -0.25) is 4.79 Å². The molecule has 21 heavy (non-hydrogen) atoms. The van der Waals surface area contributed by atoms with Crippen molar-refractivity contribution in [1.29, 1.82) is 0 Å². The molecule has 0 aliphatic carbocycles. The van der Waals surface area contributed by atoms with Crippen LogP contribution in [0, 0.1) is 0 Å². The van der Waals surface area contributed by atoms with Crippen LogP contribution in [0.5, 0.6) is 5.75 Å². The van der Waals surface area contributed by atoms with E-state index in [0.29, 0.717) is 23.5 Å². The zero-order chi connectivity index (χ0) is 15.7. The quantitative estimate of drug-likeness (QED) is 0.684. The minimum atomic E-state index is -1.04. The Kier molecular flexibility index (Phi) is 7.39. The topological polar surface area (TPSA) is 75.6 Å². The first-order valence-electron chi connectivity index (χ1n) is 6.45. The highest BCUT2D eigenvalue weighted by Crippen LogP contribution is 2.18. The third-order valence-corrected chi connectivity index (χ3v) is 3.35. The van der Waals surface area contributed by atoms with Crippen LogP contribution in [-0.4, -0.2) is 41.6 Å². The summed E-state index contributed by atoms with van der Waals surface area (Å²) in [6.45, 7) is 3.83. The number of benzene rings is 1. The van der Waals surface area contributed by atoms with Gasteiger partial charge in [-0.05, 0) is 30.6 Å². The van der Waals surface area contributed by atoms with E-state index in [2.05, 4.69) is 11.9 Å². The fourth-order valence-electron chi connectivity index (χ4n) is 1.66. The van der Waals surface area contributed by atoms with Crippen molar-refractivity contribution in [2.45, 2.75) is 12.5 Å². The Morgan fingerprint density at radius 2 is 2.19 bits per heavy atom. The molecule has 114 valence electrons. The smallest absolute Gasteiger partial charge is 0.326 e. The van der Waals surface area contributed by atoms with Crippen LogP contribution in [0.3, 0.4) is 0 Å². The number of hydrogen-bond donors (Lipinski definition) is 2. The van der Waals surface area contributed by atoms with E-state index in [9.17, 15) is 9.59 Å². The predicted molar refractivity (Wildman–Crippen MR) is 84.0 cm³/mol. The van der Waals surface area contributed by atoms with Crippen LogP contribution in [0.2, 0.25) is 0 Å². The maximum Gasteiger partial charge on any atom is 0.326 e. The Bertz CT molecular complexity index is 504. The normalized spacial score (nSPS) is 11.5. The van der Waals surface area contributed by atoms with Crippen molar-refractivity contribution in [2.24, 2.45) is 0 Å². The van der Waals surface area contributed by atoms with Crippen LogP contribution in [0.1, 0.15) is 16.8 Å². The lowest BCUT2D eigenvalue weighted by atomic mass is 10.1. The molecule has 1 rings (SSSR count). The molecule has 0 unspecified atom stereocenters. The van der Waals surface area contributed by atoms with E-state index >= 15 is 0 Å². The summed E-state index contributed by atoms with van der Waals surface area (Å²) >= 11 is 1.53. The molecule has 0 bridgehead atoms. The van der Waals surface area contributed by atoms with Crippen LogP contribution in [0.15, 0.2) is 36.9 Å². The highest BCUT2D eigenvalue weighted by Gasteiger charge is 2.21. The molecule has 1 aromatic carbocycles. The van der Waals surface area contributed by atoms with Gasteiger partial charge in [-0.1, -0.05) is 24.8 Å². The molecule has 1 amide bonds. The number of hydrogen-bond acceptors (Lipinski definition) is 4. The largest absolute Gasteiger partial charge is 0.489 e. The fourth-order valence-corrected chi connectivity index (χ4v) is 2.13. The Balaban J connectivity index is 2.81. The van der Waals surface area contributed by atoms with Gasteiger partial charge in [0, 0.05) is 0 Å². The van der Waals surface area contributed by atoms with Crippen molar-refractivity contribution >= 4 is 23.6 Å². The second kappa shape index (κ2) is 9.07. The SMILES string of the molecule is C=CCOc1ccccc1C(=O)N[C@@H](CCSC)C(=O)O. The lowest BCUT2D eigenvalue weighted by molar-refractivity contribution is -0.139. The maximum absolute atomic E-state index is 12.2. The molecule has 0 heterocycles. The van der Waals surface area contributed by atoms with Crippen molar-refractivity contribution in [3.05, 3.63) is 42.5 Å². The van der Waals surface area contributed by atoms with Gasteiger partial charge >= 0.3 is 5.97 Å². The number of amides is 1. The molecule has 0 saturated heterocycles. The summed E-state index contributed by atoms with van der Waals surface area (Å²) in [6.07, 6.45) is 3.84. The molecule has 0 fully saturated rings. The first-order valence-corrected chi connectivity index (χ1v) is 7.84. The van der Waals surface area contributed by atoms with Crippen molar-refractivity contribution in [3.63, 3.8) is 0 Å². The molecule has 0 radical (unpaired) electrons. The Hall–Kier alpha value is -1.95. The van der Waals surface area contributed by atoms with Gasteiger partial charge in [-0.25, -0.2) is 4.79 Å². The summed E-state index contributed by atoms with van der Waals surface area (Å²) in [5.74, 6) is -0.430. The van der Waals surface area contributed by atoms with E-state index in [0.717, 1.165) is 0 Å². The minimum Gasteiger partial charge on any atom is -0.489 e. The third-order valence-electron chi connectivity index (χ3n) is 2.70. The highest BCUT2D eigenvalue weighted by atomic mass is 32.2. The lowest BCUT2D eigenvalue weighted by Gasteiger charge is -2.15. The van der Waals surface area contributed by atoms with Crippen LogP contribution in [-0.2, 0) is 4.79 Å². The number of thioether (sulfide) groups is 1. The second-order valence-corrected chi connectivity index (χ2v) is 5.23. The van der Waals surface area contributed by atoms with Gasteiger partial charge in [0.2, 0.25) is 0 Å². The van der Waals surface area contributed by atoms with Gasteiger partial charge in [0.05, 0.1) is 5.56 Å². The van der Waals surface area contributed by atoms with Gasteiger partial charge in [0.15, 0.2) is 0 Å². The average Bonchev–Trinajstić information content (AvgIpc) is 2.49. The van der Waals surface area contributed by atoms with Gasteiger partial charge in [-0.2, -0.15) is 11.8 Å². The van der Waals surface area contributed by atoms with Crippen molar-refractivity contribution in [3.8, 4) is 5.75 Å². The molecule has 6 heteroatoms. The summed E-state index contributed by atoms with van der Waals surface area (Å²) in [6, 6.07) is 5.81. The lowest BCUT2D eigenvalue weighted by Crippen LogP contribution is -2.41. The second-order valence-electron chi connectivity index (χ2n) is 4.24. The molecule has 1 aromatic rings. The molecule has 5 nitrogen and oxygen atoms in total. The number of carboxylic acids is 1. The summed E-state index contributed by atoms with van der Waals surface area (Å²) in [5, 5.41) is 11.7. The standard InChI is InChI=1S/C15H19NO4S/c1-3-9-20-13-7-5-4-6-11(13)14(17)16-12(15(18)19)8-10-21-2/h3-7,12H,1,8-10H2,2H3,(H,16,17)(H,18,19)/t12-/m0/s1. The summed E-state index contributed by atoms with van der Waals surface area (Å²) in [5.41, 5.74) is 0.315. The van der Waals surface area contributed by atoms with E-state index in [1.807, 2.05) is 6.26 Å². The van der Waals surface area contributed by atoms with Crippen LogP contribution < -0.4 is 10.1 Å². The first-order chi connectivity index (χ1) is 10.1. The molecular weight excluding hydrogens is 290 g/mol. The molecule has 1 atom stereocenters. The van der Waals surface area contributed by atoms with Gasteiger partial charge in [0.1, 0.15) is 18.4 Å². The molecular formula is C15H19NO4S. The number of carboxylic acid groups (broad SMARTS) is 1. The number of carbonyl (C=O) groups excluding carboxylic acids is 1. The minimum absolute atomic E-state index is 0.277. The number of para-hydroxylation sites is 1. The van der Waals surface area contributed by atoms with E-state index in [1.165, 1.54) is 11.8 Å². The zero-order valence-electron chi connectivity index (χ0n) is 11.9. The molecule has 0 aliphatic rings. The van der Waals surface area contributed by atoms with Crippen LogP contribution in [0.25, 0.3) is 0 Å². The number of rotatable bonds is 9. The number of nitrogens with one attached hydrogen (secondary N) is 1. The van der Waals surface area contributed by atoms with Crippen LogP contribution >= 0.6 is 11.8 Å². The highest BCUT2D eigenvalue weighted by molar-refractivity contribution is 7.98. The Labute approximate surface area is 128 Å². The van der Waals surface area contributed by atoms with Crippen molar-refractivity contribution < 1.29 is 19.4 Å². The van der Waals surface area contributed by atoms with E-state index in [1.54, 1.807) is 30.3 Å². The maximum atomic E-state index is 12.2. The van der Waals surface area contributed by atoms with Crippen LogP contribution in [0.4, 0.5) is 0 Å². The molecule has 0 saturated carbocycles. The van der Waals surface area contributed by atoms with Crippen molar-refractivity contribution in [2.75, 3.05) is 18.6 Å². The zero-order valence-corrected chi connectivity index (χ0v) is 12.7. The van der Waals surface area contributed by atoms with Gasteiger partial charge < -0.3 is 15.2 Å². The Morgan fingerprint density at radius 3 is 2.81 bits per heavy atom. The fraction of sp³-hybridized carbons (Fsp3) is 0.333. The van der Waals surface area contributed by atoms with E-state index in [-0.39, 0.29) is 6.61 Å². The van der Waals surface area contributed by atoms with Gasteiger partial charge in [0.25, 0.3) is 5.91 Å².